The molecule has 4 rings (SSSR count). The first-order valence-electron chi connectivity index (χ1n) is 6.93. The molecule has 0 spiro atoms. The molecule has 2 heterocycles. The van der Waals surface area contributed by atoms with Crippen LogP contribution in [0.25, 0.3) is 22.5 Å². The van der Waals surface area contributed by atoms with Gasteiger partial charge in [-0.2, -0.15) is 12.6 Å². The zero-order valence-corrected chi connectivity index (χ0v) is 14.3. The molecule has 4 aromatic rings. The maximum absolute atomic E-state index is 5.76. The summed E-state index contributed by atoms with van der Waals surface area (Å²) in [6, 6.07) is 15.5. The Morgan fingerprint density at radius 3 is 2.78 bits per heavy atom. The molecule has 0 fully saturated rings. The van der Waals surface area contributed by atoms with Crippen LogP contribution in [0.2, 0.25) is 0 Å². The highest BCUT2D eigenvalue weighted by Crippen LogP contribution is 2.29. The van der Waals surface area contributed by atoms with Crippen molar-refractivity contribution in [1.29, 1.82) is 0 Å². The summed E-state index contributed by atoms with van der Waals surface area (Å²) >= 11 is 8.00. The molecule has 0 aliphatic rings. The van der Waals surface area contributed by atoms with Crippen LogP contribution in [0.4, 0.5) is 0 Å². The van der Waals surface area contributed by atoms with Crippen LogP contribution in [0.1, 0.15) is 17.0 Å². The molecule has 5 nitrogen and oxygen atoms in total. The molecule has 0 amide bonds. The molecule has 7 heteroatoms. The summed E-state index contributed by atoms with van der Waals surface area (Å²) in [5.74, 6) is 1.54. The van der Waals surface area contributed by atoms with Gasteiger partial charge >= 0.3 is 0 Å². The highest BCUT2D eigenvalue weighted by atomic mass is 79.9. The lowest BCUT2D eigenvalue weighted by Gasteiger charge is -2.01. The zero-order valence-electron chi connectivity index (χ0n) is 11.8. The van der Waals surface area contributed by atoms with E-state index < -0.39 is 5.25 Å². The van der Waals surface area contributed by atoms with Gasteiger partial charge in [0.05, 0.1) is 11.0 Å². The molecule has 1 atom stereocenters. The molecular weight excluding hydrogens is 376 g/mol. The van der Waals surface area contributed by atoms with Gasteiger partial charge in [-0.05, 0) is 30.3 Å². The van der Waals surface area contributed by atoms with Crippen LogP contribution in [0, 0.1) is 0 Å². The van der Waals surface area contributed by atoms with Gasteiger partial charge in [0, 0.05) is 10.0 Å². The minimum absolute atomic E-state index is 0.405. The van der Waals surface area contributed by atoms with Gasteiger partial charge in [-0.25, -0.2) is 4.98 Å². The van der Waals surface area contributed by atoms with E-state index in [1.807, 2.05) is 48.5 Å². The third-order valence-corrected chi connectivity index (χ3v) is 4.37. The predicted octanol–water partition coefficient (Wildman–Crippen LogP) is 4.39. The van der Waals surface area contributed by atoms with E-state index in [9.17, 15) is 0 Å². The number of imidazole rings is 1. The Bertz CT molecular complexity index is 948. The lowest BCUT2D eigenvalue weighted by molar-refractivity contribution is 0.512. The van der Waals surface area contributed by atoms with Crippen LogP contribution < -0.4 is 0 Å². The maximum atomic E-state index is 5.76. The van der Waals surface area contributed by atoms with Crippen molar-refractivity contribution >= 4 is 39.6 Å². The van der Waals surface area contributed by atoms with Gasteiger partial charge in [-0.1, -0.05) is 34.1 Å². The molecule has 0 radical (unpaired) electrons. The number of para-hydroxylation sites is 2. The summed E-state index contributed by atoms with van der Waals surface area (Å²) in [5, 5.41) is 7.79. The average molecular weight is 387 g/mol. The standard InChI is InChI=1S/C16H11BrN4OS/c17-10-5-3-4-9(8-10)15-20-21-16(22-15)13(23)14-18-11-6-1-2-7-12(11)19-14/h1-8,13,23H,(H,18,19). The van der Waals surface area contributed by atoms with Crippen molar-refractivity contribution in [2.24, 2.45) is 0 Å². The summed E-state index contributed by atoms with van der Waals surface area (Å²) in [4.78, 5) is 7.75. The van der Waals surface area contributed by atoms with Gasteiger partial charge in [0.25, 0.3) is 0 Å². The number of thiol groups is 1. The molecule has 0 bridgehead atoms. The number of fused-ring (bicyclic) bond motifs is 1. The number of nitrogens with zero attached hydrogens (tertiary/aromatic N) is 3. The minimum atomic E-state index is -0.407. The molecule has 2 aromatic heterocycles. The quantitative estimate of drug-likeness (QED) is 0.512. The molecule has 0 aliphatic heterocycles. The molecule has 0 saturated heterocycles. The van der Waals surface area contributed by atoms with Crippen LogP contribution in [0.5, 0.6) is 0 Å². The average Bonchev–Trinajstić information content (AvgIpc) is 3.21. The van der Waals surface area contributed by atoms with E-state index in [4.69, 9.17) is 4.42 Å². The Kier molecular flexibility index (Phi) is 3.66. The van der Waals surface area contributed by atoms with Crippen molar-refractivity contribution < 1.29 is 4.42 Å². The summed E-state index contributed by atoms with van der Waals surface area (Å²) in [5.41, 5.74) is 2.69. The van der Waals surface area contributed by atoms with Gasteiger partial charge in [-0.3, -0.25) is 0 Å². The monoisotopic (exact) mass is 386 g/mol. The van der Waals surface area contributed by atoms with Crippen LogP contribution in [-0.2, 0) is 0 Å². The minimum Gasteiger partial charge on any atom is -0.419 e. The first kappa shape index (κ1) is 14.5. The smallest absolute Gasteiger partial charge is 0.247 e. The Morgan fingerprint density at radius 2 is 1.96 bits per heavy atom. The SMILES string of the molecule is SC(c1nc2ccccc2[nH]1)c1nnc(-c2cccc(Br)c2)o1. The normalized spacial score (nSPS) is 12.6. The lowest BCUT2D eigenvalue weighted by Crippen LogP contribution is -1.96. The second-order valence-corrected chi connectivity index (χ2v) is 6.43. The van der Waals surface area contributed by atoms with Crippen molar-refractivity contribution in [1.82, 2.24) is 20.2 Å². The largest absolute Gasteiger partial charge is 0.419 e. The van der Waals surface area contributed by atoms with E-state index in [1.54, 1.807) is 0 Å². The van der Waals surface area contributed by atoms with Gasteiger partial charge in [-0.15, -0.1) is 10.2 Å². The van der Waals surface area contributed by atoms with Crippen LogP contribution >= 0.6 is 28.6 Å². The van der Waals surface area contributed by atoms with E-state index in [2.05, 4.69) is 48.7 Å². The van der Waals surface area contributed by atoms with Crippen molar-refractivity contribution in [3.05, 3.63) is 64.7 Å². The Balaban J connectivity index is 1.68. The van der Waals surface area contributed by atoms with Gasteiger partial charge in [0.2, 0.25) is 11.8 Å². The number of hydrogen-bond acceptors (Lipinski definition) is 5. The first-order valence-corrected chi connectivity index (χ1v) is 8.24. The van der Waals surface area contributed by atoms with Crippen molar-refractivity contribution in [3.63, 3.8) is 0 Å². The van der Waals surface area contributed by atoms with Crippen LogP contribution in [-0.4, -0.2) is 20.2 Å². The number of H-pyrrole nitrogens is 1. The second kappa shape index (κ2) is 5.82. The summed E-state index contributed by atoms with van der Waals surface area (Å²) < 4.78 is 6.71. The van der Waals surface area contributed by atoms with E-state index in [0.717, 1.165) is 21.1 Å². The maximum Gasteiger partial charge on any atom is 0.247 e. The fraction of sp³-hybridized carbons (Fsp3) is 0.0625. The number of rotatable bonds is 3. The van der Waals surface area contributed by atoms with Crippen LogP contribution in [0.3, 0.4) is 0 Å². The summed E-state index contributed by atoms with van der Waals surface area (Å²) in [7, 11) is 0. The molecular formula is C16H11BrN4OS. The number of aromatic amines is 1. The second-order valence-electron chi connectivity index (χ2n) is 5.00. The van der Waals surface area contributed by atoms with Gasteiger partial charge < -0.3 is 9.40 Å². The fourth-order valence-corrected chi connectivity index (χ4v) is 2.93. The van der Waals surface area contributed by atoms with Gasteiger partial charge in [0.15, 0.2) is 0 Å². The van der Waals surface area contributed by atoms with E-state index >= 15 is 0 Å². The molecule has 1 N–H and O–H groups in total. The van der Waals surface area contributed by atoms with Gasteiger partial charge in [0.1, 0.15) is 11.1 Å². The molecule has 23 heavy (non-hydrogen) atoms. The molecule has 0 saturated carbocycles. The molecule has 0 aliphatic carbocycles. The number of halogens is 1. The fourth-order valence-electron chi connectivity index (χ4n) is 2.30. The third kappa shape index (κ3) is 2.77. The molecule has 1 unspecified atom stereocenters. The predicted molar refractivity (Wildman–Crippen MR) is 94.4 cm³/mol. The number of aromatic nitrogens is 4. The molecule has 2 aromatic carbocycles. The van der Waals surface area contributed by atoms with E-state index in [1.165, 1.54) is 0 Å². The van der Waals surface area contributed by atoms with Crippen LogP contribution in [0.15, 0.2) is 57.4 Å². The van der Waals surface area contributed by atoms with E-state index in [-0.39, 0.29) is 0 Å². The Labute approximate surface area is 145 Å². The third-order valence-electron chi connectivity index (χ3n) is 3.41. The Hall–Kier alpha value is -2.12. The van der Waals surface area contributed by atoms with Crippen molar-refractivity contribution in [2.45, 2.75) is 5.25 Å². The number of hydrogen-bond donors (Lipinski definition) is 2. The molecule has 114 valence electrons. The van der Waals surface area contributed by atoms with E-state index in [0.29, 0.717) is 17.6 Å². The number of nitrogens with one attached hydrogen (secondary N) is 1. The topological polar surface area (TPSA) is 67.6 Å². The summed E-state index contributed by atoms with van der Waals surface area (Å²) in [6.07, 6.45) is 0. The van der Waals surface area contributed by atoms with Crippen molar-refractivity contribution in [2.75, 3.05) is 0 Å². The zero-order chi connectivity index (χ0) is 15.8. The Morgan fingerprint density at radius 1 is 1.09 bits per heavy atom. The van der Waals surface area contributed by atoms with Crippen molar-refractivity contribution in [3.8, 4) is 11.5 Å². The first-order chi connectivity index (χ1) is 11.2. The lowest BCUT2D eigenvalue weighted by atomic mass is 10.2. The highest BCUT2D eigenvalue weighted by molar-refractivity contribution is 9.10. The number of benzene rings is 2. The highest BCUT2D eigenvalue weighted by Gasteiger charge is 2.21. The summed E-state index contributed by atoms with van der Waals surface area (Å²) in [6.45, 7) is 0.